The quantitative estimate of drug-likeness (QED) is 0.785. The third-order valence-corrected chi connectivity index (χ3v) is 2.04. The van der Waals surface area contributed by atoms with Crippen molar-refractivity contribution in [3.8, 4) is 11.8 Å². The molecule has 0 aliphatic carbocycles. The minimum absolute atomic E-state index is 0.0815. The molecule has 0 amide bonds. The molecule has 1 aromatic carbocycles. The minimum atomic E-state index is -0.292. The Morgan fingerprint density at radius 2 is 2.36 bits per heavy atom. The van der Waals surface area contributed by atoms with Gasteiger partial charge >= 0.3 is 0 Å². The lowest BCUT2D eigenvalue weighted by Gasteiger charge is -2.11. The van der Waals surface area contributed by atoms with E-state index in [1.807, 2.05) is 0 Å². The molecule has 0 spiro atoms. The first-order valence-corrected chi connectivity index (χ1v) is 4.25. The van der Waals surface area contributed by atoms with Gasteiger partial charge in [0, 0.05) is 12.5 Å². The number of benzene rings is 1. The van der Waals surface area contributed by atoms with Gasteiger partial charge < -0.3 is 9.84 Å². The van der Waals surface area contributed by atoms with Crippen molar-refractivity contribution in [2.24, 2.45) is 0 Å². The third kappa shape index (κ3) is 2.04. The number of methoxy groups -OCH3 is 1. The summed E-state index contributed by atoms with van der Waals surface area (Å²) in [7, 11) is 1.56. The normalized spacial score (nSPS) is 11.9. The predicted molar refractivity (Wildman–Crippen MR) is 52.9 cm³/mol. The molecule has 1 aromatic rings. The zero-order valence-electron chi connectivity index (χ0n) is 8.03. The summed E-state index contributed by atoms with van der Waals surface area (Å²) in [6.07, 6.45) is 0. The molecule has 1 radical (unpaired) electrons. The molecule has 0 aliphatic heterocycles. The van der Waals surface area contributed by atoms with E-state index in [0.29, 0.717) is 16.9 Å². The van der Waals surface area contributed by atoms with Gasteiger partial charge in [-0.3, -0.25) is 0 Å². The van der Waals surface area contributed by atoms with Gasteiger partial charge in [0.15, 0.2) is 0 Å². The average molecular weight is 190 g/mol. The first-order valence-electron chi connectivity index (χ1n) is 4.25. The molecule has 0 heterocycles. The fourth-order valence-electron chi connectivity index (χ4n) is 1.21. The summed E-state index contributed by atoms with van der Waals surface area (Å²) >= 11 is 0. The van der Waals surface area contributed by atoms with Crippen LogP contribution in [-0.2, 0) is 0 Å². The first kappa shape index (κ1) is 10.6. The van der Waals surface area contributed by atoms with Crippen LogP contribution in [0.1, 0.15) is 17.0 Å². The Kier molecular flexibility index (Phi) is 3.49. The summed E-state index contributed by atoms with van der Waals surface area (Å²) in [5.41, 5.74) is 1.24. The molecule has 3 heteroatoms. The molecule has 1 rings (SSSR count). The molecule has 1 unspecified atom stereocenters. The van der Waals surface area contributed by atoms with E-state index in [4.69, 9.17) is 15.1 Å². The van der Waals surface area contributed by atoms with Gasteiger partial charge in [0.05, 0.1) is 18.7 Å². The van der Waals surface area contributed by atoms with E-state index in [1.165, 1.54) is 0 Å². The number of nitrogens with zero attached hydrogens (tertiary/aromatic N) is 1. The van der Waals surface area contributed by atoms with Crippen LogP contribution in [0.25, 0.3) is 0 Å². The van der Waals surface area contributed by atoms with Crippen LogP contribution in [0, 0.1) is 18.3 Å². The maximum atomic E-state index is 8.96. The Balaban J connectivity index is 3.16. The highest BCUT2D eigenvalue weighted by molar-refractivity contribution is 5.45. The summed E-state index contributed by atoms with van der Waals surface area (Å²) in [6, 6.07) is 7.17. The summed E-state index contributed by atoms with van der Waals surface area (Å²) in [6.45, 7) is 3.67. The molecule has 1 atom stereocenters. The number of aliphatic hydroxyl groups excluding tert-OH is 1. The predicted octanol–water partition coefficient (Wildman–Crippen LogP) is 1.48. The van der Waals surface area contributed by atoms with Gasteiger partial charge in [-0.2, -0.15) is 5.26 Å². The molecule has 0 aromatic heterocycles. The lowest BCUT2D eigenvalue weighted by molar-refractivity contribution is 0.282. The van der Waals surface area contributed by atoms with Crippen molar-refractivity contribution in [3.63, 3.8) is 0 Å². The third-order valence-electron chi connectivity index (χ3n) is 2.04. The molecule has 1 N–H and O–H groups in total. The fraction of sp³-hybridized carbons (Fsp3) is 0.273. The zero-order chi connectivity index (χ0) is 10.6. The lowest BCUT2D eigenvalue weighted by Crippen LogP contribution is -2.02. The number of ether oxygens (including phenoxy) is 1. The van der Waals surface area contributed by atoms with Crippen LogP contribution in [0.5, 0.6) is 5.75 Å². The molecule has 3 nitrogen and oxygen atoms in total. The van der Waals surface area contributed by atoms with E-state index in [1.54, 1.807) is 25.3 Å². The van der Waals surface area contributed by atoms with Gasteiger partial charge in [0.2, 0.25) is 0 Å². The van der Waals surface area contributed by atoms with Crippen LogP contribution in [-0.4, -0.2) is 18.8 Å². The van der Waals surface area contributed by atoms with Gasteiger partial charge in [-0.1, -0.05) is 0 Å². The summed E-state index contributed by atoms with van der Waals surface area (Å²) < 4.78 is 5.03. The van der Waals surface area contributed by atoms with E-state index >= 15 is 0 Å². The maximum Gasteiger partial charge on any atom is 0.119 e. The Morgan fingerprint density at radius 3 is 2.86 bits per heavy atom. The van der Waals surface area contributed by atoms with Crippen LogP contribution in [0.3, 0.4) is 0 Å². The van der Waals surface area contributed by atoms with E-state index in [9.17, 15) is 0 Å². The number of rotatable bonds is 3. The maximum absolute atomic E-state index is 8.96. The Morgan fingerprint density at radius 1 is 1.64 bits per heavy atom. The number of hydrogen-bond acceptors (Lipinski definition) is 3. The number of aliphatic hydroxyl groups is 1. The van der Waals surface area contributed by atoms with E-state index in [2.05, 4.69) is 13.0 Å². The summed E-state index contributed by atoms with van der Waals surface area (Å²) in [4.78, 5) is 0. The van der Waals surface area contributed by atoms with Gasteiger partial charge in [-0.05, 0) is 30.7 Å². The zero-order valence-corrected chi connectivity index (χ0v) is 8.03. The van der Waals surface area contributed by atoms with Crippen LogP contribution in [0.4, 0.5) is 0 Å². The standard InChI is InChI=1S/C11H12NO2/c1-8(7-13)11-5-10(14-2)4-3-9(11)6-12/h3-5,8,13H,1,7H2,2H3. The van der Waals surface area contributed by atoms with Crippen molar-refractivity contribution in [1.82, 2.24) is 0 Å². The monoisotopic (exact) mass is 190 g/mol. The molecule has 0 bridgehead atoms. The second kappa shape index (κ2) is 4.64. The first-order chi connectivity index (χ1) is 6.72. The molecular weight excluding hydrogens is 178 g/mol. The van der Waals surface area contributed by atoms with Crippen LogP contribution < -0.4 is 4.74 Å². The topological polar surface area (TPSA) is 53.2 Å². The molecule has 0 aliphatic rings. The molecule has 14 heavy (non-hydrogen) atoms. The van der Waals surface area contributed by atoms with E-state index in [-0.39, 0.29) is 12.5 Å². The highest BCUT2D eigenvalue weighted by Gasteiger charge is 2.10. The molecule has 73 valence electrons. The summed E-state index contributed by atoms with van der Waals surface area (Å²) in [5, 5.41) is 17.8. The lowest BCUT2D eigenvalue weighted by atomic mass is 9.97. The van der Waals surface area contributed by atoms with Gasteiger partial charge in [0.1, 0.15) is 5.75 Å². The second-order valence-corrected chi connectivity index (χ2v) is 2.94. The molecular formula is C11H12NO2. The molecule has 0 saturated carbocycles. The van der Waals surface area contributed by atoms with Crippen LogP contribution in [0.15, 0.2) is 18.2 Å². The van der Waals surface area contributed by atoms with E-state index in [0.717, 1.165) is 0 Å². The largest absolute Gasteiger partial charge is 0.497 e. The van der Waals surface area contributed by atoms with Gasteiger partial charge in [-0.15, -0.1) is 0 Å². The Hall–Kier alpha value is -1.53. The second-order valence-electron chi connectivity index (χ2n) is 2.94. The number of nitriles is 1. The number of hydrogen-bond donors (Lipinski definition) is 1. The van der Waals surface area contributed by atoms with Crippen molar-refractivity contribution < 1.29 is 9.84 Å². The van der Waals surface area contributed by atoms with Crippen LogP contribution >= 0.6 is 0 Å². The molecule has 0 saturated heterocycles. The minimum Gasteiger partial charge on any atom is -0.497 e. The Bertz CT molecular complexity index is 355. The average Bonchev–Trinajstić information content (AvgIpc) is 2.27. The van der Waals surface area contributed by atoms with Crippen molar-refractivity contribution >= 4 is 0 Å². The molecule has 0 fully saturated rings. The van der Waals surface area contributed by atoms with Crippen molar-refractivity contribution in [3.05, 3.63) is 36.2 Å². The Labute approximate surface area is 83.6 Å². The van der Waals surface area contributed by atoms with Crippen molar-refractivity contribution in [2.45, 2.75) is 5.92 Å². The van der Waals surface area contributed by atoms with Gasteiger partial charge in [0.25, 0.3) is 0 Å². The van der Waals surface area contributed by atoms with E-state index < -0.39 is 0 Å². The highest BCUT2D eigenvalue weighted by Crippen LogP contribution is 2.23. The van der Waals surface area contributed by atoms with Crippen molar-refractivity contribution in [2.75, 3.05) is 13.7 Å². The summed E-state index contributed by atoms with van der Waals surface area (Å²) in [5.74, 6) is 0.376. The van der Waals surface area contributed by atoms with Gasteiger partial charge in [-0.25, -0.2) is 0 Å². The SMILES string of the molecule is [CH2]C(CO)c1cc(OC)ccc1C#N. The van der Waals surface area contributed by atoms with Crippen LogP contribution in [0.2, 0.25) is 0 Å². The smallest absolute Gasteiger partial charge is 0.119 e. The highest BCUT2D eigenvalue weighted by atomic mass is 16.5. The van der Waals surface area contributed by atoms with Crippen molar-refractivity contribution in [1.29, 1.82) is 5.26 Å². The fourth-order valence-corrected chi connectivity index (χ4v) is 1.21.